The maximum atomic E-state index is 13.3. The number of benzene rings is 1. The summed E-state index contributed by atoms with van der Waals surface area (Å²) in [5.74, 6) is 0.271. The molecular weight excluding hydrogens is 358 g/mol. The van der Waals surface area contributed by atoms with E-state index in [9.17, 15) is 4.79 Å². The van der Waals surface area contributed by atoms with Gasteiger partial charge in [-0.05, 0) is 107 Å². The molecule has 2 unspecified atom stereocenters. The summed E-state index contributed by atoms with van der Waals surface area (Å²) in [4.78, 5) is 20.8. The third kappa shape index (κ3) is 4.25. The van der Waals surface area contributed by atoms with Gasteiger partial charge in [-0.25, -0.2) is 0 Å². The second-order valence-electron chi connectivity index (χ2n) is 9.78. The van der Waals surface area contributed by atoms with Crippen LogP contribution < -0.4 is 0 Å². The van der Waals surface area contributed by atoms with Crippen LogP contribution in [0, 0.1) is 0 Å². The first-order chi connectivity index (χ1) is 14.3. The van der Waals surface area contributed by atoms with Gasteiger partial charge >= 0.3 is 0 Å². The van der Waals surface area contributed by atoms with E-state index in [1.807, 2.05) is 0 Å². The Bertz CT molecular complexity index is 721. The maximum absolute atomic E-state index is 13.3. The average molecular weight is 396 g/mol. The molecule has 4 heteroatoms. The van der Waals surface area contributed by atoms with Crippen LogP contribution in [-0.4, -0.2) is 72.0 Å². The molecule has 0 bridgehead atoms. The summed E-state index contributed by atoms with van der Waals surface area (Å²) in [6, 6.07) is 7.75. The molecule has 1 aromatic rings. The van der Waals surface area contributed by atoms with E-state index in [-0.39, 0.29) is 5.91 Å². The Morgan fingerprint density at radius 2 is 1.66 bits per heavy atom. The Labute approximate surface area is 176 Å². The van der Waals surface area contributed by atoms with Crippen LogP contribution in [0.3, 0.4) is 0 Å². The smallest absolute Gasteiger partial charge is 0.254 e. The van der Waals surface area contributed by atoms with Crippen LogP contribution in [0.4, 0.5) is 0 Å². The lowest BCUT2D eigenvalue weighted by Gasteiger charge is -2.37. The van der Waals surface area contributed by atoms with Crippen LogP contribution in [0.5, 0.6) is 0 Å². The zero-order valence-corrected chi connectivity index (χ0v) is 18.0. The van der Waals surface area contributed by atoms with Gasteiger partial charge in [-0.15, -0.1) is 0 Å². The summed E-state index contributed by atoms with van der Waals surface area (Å²) in [6.07, 6.45) is 12.7. The molecule has 0 radical (unpaired) electrons. The number of hydrogen-bond donors (Lipinski definition) is 0. The highest BCUT2D eigenvalue weighted by molar-refractivity contribution is 5.95. The summed E-state index contributed by atoms with van der Waals surface area (Å²) in [5.41, 5.74) is 3.84. The number of nitrogens with zero attached hydrogens (tertiary/aromatic N) is 3. The number of likely N-dealkylation sites (tertiary alicyclic amines) is 3. The molecule has 0 saturated carbocycles. The summed E-state index contributed by atoms with van der Waals surface area (Å²) < 4.78 is 0. The van der Waals surface area contributed by atoms with Gasteiger partial charge in [-0.2, -0.15) is 0 Å². The Hall–Kier alpha value is -1.39. The molecule has 0 spiro atoms. The number of hydrogen-bond acceptors (Lipinski definition) is 3. The number of carbonyl (C=O) groups excluding carboxylic acids is 1. The molecule has 2 atom stereocenters. The number of fused-ring (bicyclic) bond motifs is 1. The van der Waals surface area contributed by atoms with Crippen molar-refractivity contribution in [2.75, 3.05) is 39.3 Å². The molecule has 0 N–H and O–H groups in total. The van der Waals surface area contributed by atoms with Crippen molar-refractivity contribution in [1.29, 1.82) is 0 Å². The largest absolute Gasteiger partial charge is 0.334 e. The fourth-order valence-corrected chi connectivity index (χ4v) is 6.19. The Morgan fingerprint density at radius 3 is 2.48 bits per heavy atom. The highest BCUT2D eigenvalue weighted by Gasteiger charge is 2.32. The Balaban J connectivity index is 1.25. The summed E-state index contributed by atoms with van der Waals surface area (Å²) in [5, 5.41) is 0. The number of rotatable bonds is 4. The maximum Gasteiger partial charge on any atom is 0.254 e. The standard InChI is InChI=1S/C25H37N3O/c29-25(28-16-6-7-24(28)19-26-12-4-5-13-26)22-9-8-21-18-23(11-10-20(21)17-22)27-14-2-1-3-15-27/h8-9,17,23-24H,1-7,10-16,18-19H2. The van der Waals surface area contributed by atoms with Gasteiger partial charge in [-0.1, -0.05) is 12.5 Å². The summed E-state index contributed by atoms with van der Waals surface area (Å²) in [6.45, 7) is 7.01. The molecule has 4 aliphatic rings. The van der Waals surface area contributed by atoms with E-state index >= 15 is 0 Å². The minimum absolute atomic E-state index is 0.271. The molecule has 1 aromatic carbocycles. The van der Waals surface area contributed by atoms with E-state index < -0.39 is 0 Å². The minimum Gasteiger partial charge on any atom is -0.334 e. The normalized spacial score (nSPS) is 28.6. The first-order valence-electron chi connectivity index (χ1n) is 12.2. The van der Waals surface area contributed by atoms with E-state index in [0.717, 1.165) is 31.5 Å². The average Bonchev–Trinajstić information content (AvgIpc) is 3.46. The van der Waals surface area contributed by atoms with E-state index in [4.69, 9.17) is 0 Å². The lowest BCUT2D eigenvalue weighted by atomic mass is 9.85. The number of carbonyl (C=O) groups is 1. The lowest BCUT2D eigenvalue weighted by molar-refractivity contribution is 0.0708. The van der Waals surface area contributed by atoms with Crippen LogP contribution in [-0.2, 0) is 12.8 Å². The van der Waals surface area contributed by atoms with Crippen molar-refractivity contribution in [1.82, 2.24) is 14.7 Å². The van der Waals surface area contributed by atoms with E-state index in [1.54, 1.807) is 0 Å². The quantitative estimate of drug-likeness (QED) is 0.777. The second kappa shape index (κ2) is 8.77. The lowest BCUT2D eigenvalue weighted by Crippen LogP contribution is -2.43. The van der Waals surface area contributed by atoms with Crippen LogP contribution in [0.25, 0.3) is 0 Å². The van der Waals surface area contributed by atoms with Gasteiger partial charge < -0.3 is 14.7 Å². The van der Waals surface area contributed by atoms with Gasteiger partial charge in [0.05, 0.1) is 0 Å². The van der Waals surface area contributed by atoms with E-state index in [2.05, 4.69) is 32.9 Å². The molecule has 29 heavy (non-hydrogen) atoms. The van der Waals surface area contributed by atoms with Crippen LogP contribution in [0.2, 0.25) is 0 Å². The number of amides is 1. The molecule has 3 fully saturated rings. The van der Waals surface area contributed by atoms with Crippen molar-refractivity contribution in [3.8, 4) is 0 Å². The molecule has 1 aliphatic carbocycles. The Morgan fingerprint density at radius 1 is 0.862 bits per heavy atom. The van der Waals surface area contributed by atoms with Crippen LogP contribution >= 0.6 is 0 Å². The van der Waals surface area contributed by atoms with E-state index in [0.29, 0.717) is 12.1 Å². The van der Waals surface area contributed by atoms with Gasteiger partial charge in [0, 0.05) is 30.7 Å². The second-order valence-corrected chi connectivity index (χ2v) is 9.78. The molecule has 3 heterocycles. The third-order valence-corrected chi connectivity index (χ3v) is 7.87. The van der Waals surface area contributed by atoms with Crippen molar-refractivity contribution in [3.05, 3.63) is 34.9 Å². The summed E-state index contributed by atoms with van der Waals surface area (Å²) in [7, 11) is 0. The van der Waals surface area contributed by atoms with Crippen molar-refractivity contribution < 1.29 is 4.79 Å². The zero-order valence-electron chi connectivity index (χ0n) is 18.0. The molecular formula is C25H37N3O. The third-order valence-electron chi connectivity index (χ3n) is 7.87. The molecule has 5 rings (SSSR count). The Kier molecular flexibility index (Phi) is 5.92. The fourth-order valence-electron chi connectivity index (χ4n) is 6.19. The van der Waals surface area contributed by atoms with E-state index in [1.165, 1.54) is 88.7 Å². The van der Waals surface area contributed by atoms with Gasteiger partial charge in [0.25, 0.3) is 5.91 Å². The predicted molar refractivity (Wildman–Crippen MR) is 117 cm³/mol. The monoisotopic (exact) mass is 395 g/mol. The van der Waals surface area contributed by atoms with Gasteiger partial charge in [0.15, 0.2) is 0 Å². The minimum atomic E-state index is 0.271. The molecule has 1 amide bonds. The summed E-state index contributed by atoms with van der Waals surface area (Å²) >= 11 is 0. The molecule has 4 nitrogen and oxygen atoms in total. The zero-order chi connectivity index (χ0) is 19.6. The molecule has 0 aromatic heterocycles. The molecule has 158 valence electrons. The van der Waals surface area contributed by atoms with Gasteiger partial charge in [0.2, 0.25) is 0 Å². The first kappa shape index (κ1) is 19.6. The van der Waals surface area contributed by atoms with Crippen molar-refractivity contribution in [2.24, 2.45) is 0 Å². The van der Waals surface area contributed by atoms with Gasteiger partial charge in [0.1, 0.15) is 0 Å². The molecule has 3 aliphatic heterocycles. The predicted octanol–water partition coefficient (Wildman–Crippen LogP) is 3.73. The number of piperidine rings is 1. The van der Waals surface area contributed by atoms with Crippen molar-refractivity contribution >= 4 is 5.91 Å². The molecule has 3 saturated heterocycles. The first-order valence-corrected chi connectivity index (χ1v) is 12.2. The highest BCUT2D eigenvalue weighted by atomic mass is 16.2. The van der Waals surface area contributed by atoms with Gasteiger partial charge in [-0.3, -0.25) is 4.79 Å². The topological polar surface area (TPSA) is 26.8 Å². The van der Waals surface area contributed by atoms with Crippen molar-refractivity contribution in [2.45, 2.75) is 76.3 Å². The van der Waals surface area contributed by atoms with Crippen molar-refractivity contribution in [3.63, 3.8) is 0 Å². The van der Waals surface area contributed by atoms with Crippen LogP contribution in [0.1, 0.15) is 72.9 Å². The number of aryl methyl sites for hydroxylation is 1. The van der Waals surface area contributed by atoms with Crippen LogP contribution in [0.15, 0.2) is 18.2 Å². The fraction of sp³-hybridized carbons (Fsp3) is 0.720. The SMILES string of the molecule is O=C(c1ccc2c(c1)CCC(N1CCCCC1)C2)N1CCCC1CN1CCCC1. The highest BCUT2D eigenvalue weighted by Crippen LogP contribution is 2.29.